The summed E-state index contributed by atoms with van der Waals surface area (Å²) < 4.78 is 17.1. The first-order valence-electron chi connectivity index (χ1n) is 8.60. The molecule has 0 spiro atoms. The van der Waals surface area contributed by atoms with Crippen LogP contribution in [0.1, 0.15) is 27.7 Å². The van der Waals surface area contributed by atoms with Gasteiger partial charge in [-0.05, 0) is 11.6 Å². The molecule has 0 radical (unpaired) electrons. The van der Waals surface area contributed by atoms with Crippen LogP contribution in [0.25, 0.3) is 0 Å². The van der Waals surface area contributed by atoms with Crippen LogP contribution < -0.4 is 4.74 Å². The summed E-state index contributed by atoms with van der Waals surface area (Å²) >= 11 is 0. The molecule has 130 valence electrons. The first-order valence-corrected chi connectivity index (χ1v) is 8.60. The Morgan fingerprint density at radius 2 is 2.28 bits per heavy atom. The predicted octanol–water partition coefficient (Wildman–Crippen LogP) is 1.35. The zero-order valence-electron chi connectivity index (χ0n) is 14.0. The number of ether oxygens (including phenoxy) is 2. The Kier molecular flexibility index (Phi) is 3.15. The van der Waals surface area contributed by atoms with Crippen molar-refractivity contribution < 1.29 is 18.7 Å². The van der Waals surface area contributed by atoms with Crippen LogP contribution in [0.2, 0.25) is 0 Å². The lowest BCUT2D eigenvalue weighted by Gasteiger charge is -2.23. The molecule has 3 aliphatic heterocycles. The minimum absolute atomic E-state index is 0.00348. The molecule has 1 amide bonds. The number of likely N-dealkylation sites (tertiary alicyclic amines) is 1. The molecule has 4 heterocycles. The summed E-state index contributed by atoms with van der Waals surface area (Å²) in [6, 6.07) is 5.80. The molecule has 0 bridgehead atoms. The summed E-state index contributed by atoms with van der Waals surface area (Å²) in [6.07, 6.45) is 0.859. The van der Waals surface area contributed by atoms with Crippen LogP contribution >= 0.6 is 0 Å². The van der Waals surface area contributed by atoms with Crippen LogP contribution in [0.5, 0.6) is 5.75 Å². The molecule has 25 heavy (non-hydrogen) atoms. The van der Waals surface area contributed by atoms with Gasteiger partial charge in [-0.3, -0.25) is 4.79 Å². The van der Waals surface area contributed by atoms with Gasteiger partial charge in [0.15, 0.2) is 0 Å². The number of rotatable bonds is 2. The largest absolute Gasteiger partial charge is 0.492 e. The Morgan fingerprint density at radius 1 is 1.36 bits per heavy atom. The summed E-state index contributed by atoms with van der Waals surface area (Å²) in [7, 11) is 0. The molecule has 2 aromatic rings. The Balaban J connectivity index is 1.47. The number of carbonyl (C=O) groups excluding carboxylic acids is 1. The molecule has 2 saturated heterocycles. The van der Waals surface area contributed by atoms with E-state index < -0.39 is 5.41 Å². The van der Waals surface area contributed by atoms with E-state index >= 15 is 0 Å². The van der Waals surface area contributed by atoms with Crippen molar-refractivity contribution >= 4 is 5.91 Å². The van der Waals surface area contributed by atoms with Gasteiger partial charge in [0.25, 0.3) is 5.91 Å². The second kappa shape index (κ2) is 5.29. The van der Waals surface area contributed by atoms with Crippen molar-refractivity contribution in [3.63, 3.8) is 0 Å². The summed E-state index contributed by atoms with van der Waals surface area (Å²) in [4.78, 5) is 15.0. The molecular formula is C18H19N3O4. The van der Waals surface area contributed by atoms with Crippen LogP contribution in [0.15, 0.2) is 22.6 Å². The second-order valence-electron chi connectivity index (χ2n) is 7.07. The molecular weight excluding hydrogens is 322 g/mol. The van der Waals surface area contributed by atoms with Crippen molar-refractivity contribution in [3.05, 3.63) is 41.1 Å². The van der Waals surface area contributed by atoms with Gasteiger partial charge < -0.3 is 18.8 Å². The molecule has 7 nitrogen and oxygen atoms in total. The Bertz CT molecular complexity index is 849. The van der Waals surface area contributed by atoms with Crippen LogP contribution in [0.3, 0.4) is 0 Å². The molecule has 2 fully saturated rings. The number of amides is 1. The highest BCUT2D eigenvalue weighted by Gasteiger charge is 2.56. The maximum absolute atomic E-state index is 13.2. The van der Waals surface area contributed by atoms with E-state index in [1.165, 1.54) is 0 Å². The molecule has 3 aliphatic rings. The van der Waals surface area contributed by atoms with Gasteiger partial charge in [-0.1, -0.05) is 12.1 Å². The van der Waals surface area contributed by atoms with E-state index in [4.69, 9.17) is 13.9 Å². The van der Waals surface area contributed by atoms with Crippen molar-refractivity contribution in [3.8, 4) is 5.75 Å². The number of aromatic nitrogens is 2. The molecule has 2 atom stereocenters. The topological polar surface area (TPSA) is 77.7 Å². The number of carbonyl (C=O) groups is 1. The highest BCUT2D eigenvalue weighted by Crippen LogP contribution is 2.44. The van der Waals surface area contributed by atoms with Crippen LogP contribution in [0.4, 0.5) is 0 Å². The van der Waals surface area contributed by atoms with Crippen molar-refractivity contribution in [1.82, 2.24) is 15.1 Å². The SMILES string of the molecule is Cc1nnc([C@]23COC[C@H]2CN(C(=O)c2cccc4c2OCC4)C3)o1. The molecule has 1 aromatic heterocycles. The van der Waals surface area contributed by atoms with Crippen LogP contribution in [-0.2, 0) is 16.6 Å². The summed E-state index contributed by atoms with van der Waals surface area (Å²) in [6.45, 7) is 4.69. The summed E-state index contributed by atoms with van der Waals surface area (Å²) in [5, 5.41) is 8.19. The lowest BCUT2D eigenvalue weighted by molar-refractivity contribution is 0.0735. The third kappa shape index (κ3) is 2.12. The van der Waals surface area contributed by atoms with Gasteiger partial charge >= 0.3 is 0 Å². The van der Waals surface area contributed by atoms with Crippen LogP contribution in [-0.4, -0.2) is 53.9 Å². The molecule has 7 heteroatoms. The number of para-hydroxylation sites is 1. The molecule has 0 aliphatic carbocycles. The predicted molar refractivity (Wildman–Crippen MR) is 86.6 cm³/mol. The van der Waals surface area contributed by atoms with E-state index in [2.05, 4.69) is 10.2 Å². The molecule has 0 unspecified atom stereocenters. The van der Waals surface area contributed by atoms with E-state index in [9.17, 15) is 4.79 Å². The van der Waals surface area contributed by atoms with Gasteiger partial charge in [-0.2, -0.15) is 0 Å². The minimum atomic E-state index is -0.393. The normalized spacial score (nSPS) is 27.2. The number of nitrogens with zero attached hydrogens (tertiary/aromatic N) is 3. The average Bonchev–Trinajstić information content (AvgIpc) is 3.35. The number of benzene rings is 1. The van der Waals surface area contributed by atoms with Crippen molar-refractivity contribution in [2.75, 3.05) is 32.9 Å². The van der Waals surface area contributed by atoms with Gasteiger partial charge in [-0.15, -0.1) is 10.2 Å². The summed E-state index contributed by atoms with van der Waals surface area (Å²) in [5.41, 5.74) is 1.36. The quantitative estimate of drug-likeness (QED) is 0.821. The molecule has 5 rings (SSSR count). The van der Waals surface area contributed by atoms with Crippen LogP contribution in [0, 0.1) is 12.8 Å². The molecule has 0 saturated carbocycles. The number of hydrogen-bond donors (Lipinski definition) is 0. The second-order valence-corrected chi connectivity index (χ2v) is 7.07. The van der Waals surface area contributed by atoms with Gasteiger partial charge in [0.1, 0.15) is 5.75 Å². The monoisotopic (exact) mass is 341 g/mol. The number of aryl methyl sites for hydroxylation is 1. The zero-order valence-corrected chi connectivity index (χ0v) is 14.0. The summed E-state index contributed by atoms with van der Waals surface area (Å²) in [5.74, 6) is 2.03. The average molecular weight is 341 g/mol. The van der Waals surface area contributed by atoms with Gasteiger partial charge in [0.05, 0.1) is 30.8 Å². The third-order valence-corrected chi connectivity index (χ3v) is 5.56. The van der Waals surface area contributed by atoms with Crippen molar-refractivity contribution in [2.45, 2.75) is 18.8 Å². The minimum Gasteiger partial charge on any atom is -0.492 e. The lowest BCUT2D eigenvalue weighted by atomic mass is 9.81. The van der Waals surface area contributed by atoms with Crippen molar-refractivity contribution in [1.29, 1.82) is 0 Å². The fourth-order valence-electron chi connectivity index (χ4n) is 4.24. The third-order valence-electron chi connectivity index (χ3n) is 5.56. The van der Waals surface area contributed by atoms with E-state index in [-0.39, 0.29) is 11.8 Å². The maximum Gasteiger partial charge on any atom is 0.257 e. The molecule has 1 aromatic carbocycles. The Labute approximate surface area is 144 Å². The maximum atomic E-state index is 13.2. The Morgan fingerprint density at radius 3 is 3.12 bits per heavy atom. The standard InChI is InChI=1S/C18H19N3O4/c1-11-19-20-17(25-11)18-9-21(7-13(18)8-23-10-18)16(22)14-4-2-3-12-5-6-24-15(12)14/h2-4,13H,5-10H2,1H3/t13-,18-/m1/s1. The van der Waals surface area contributed by atoms with Gasteiger partial charge in [0, 0.05) is 32.4 Å². The fraction of sp³-hybridized carbons (Fsp3) is 0.500. The highest BCUT2D eigenvalue weighted by atomic mass is 16.5. The lowest BCUT2D eigenvalue weighted by Crippen LogP contribution is -2.37. The first-order chi connectivity index (χ1) is 12.2. The smallest absolute Gasteiger partial charge is 0.257 e. The van der Waals surface area contributed by atoms with Crippen molar-refractivity contribution in [2.24, 2.45) is 5.92 Å². The highest BCUT2D eigenvalue weighted by molar-refractivity contribution is 5.98. The van der Waals surface area contributed by atoms with Gasteiger partial charge in [0.2, 0.25) is 11.8 Å². The molecule has 0 N–H and O–H groups in total. The fourth-order valence-corrected chi connectivity index (χ4v) is 4.24. The number of hydrogen-bond acceptors (Lipinski definition) is 6. The van der Waals surface area contributed by atoms with E-state index in [0.29, 0.717) is 50.3 Å². The zero-order chi connectivity index (χ0) is 17.0. The van der Waals surface area contributed by atoms with E-state index in [1.807, 2.05) is 23.1 Å². The first kappa shape index (κ1) is 14.9. The van der Waals surface area contributed by atoms with Gasteiger partial charge in [-0.25, -0.2) is 0 Å². The van der Waals surface area contributed by atoms with E-state index in [0.717, 1.165) is 17.7 Å². The van der Waals surface area contributed by atoms with E-state index in [1.54, 1.807) is 6.92 Å². The Hall–Kier alpha value is -2.41. The number of fused-ring (bicyclic) bond motifs is 2.